The fourth-order valence-corrected chi connectivity index (χ4v) is 13.0. The second kappa shape index (κ2) is 7.06. The maximum absolute atomic E-state index is 4.34. The Morgan fingerprint density at radius 3 is 1.20 bits per heavy atom. The van der Waals surface area contributed by atoms with Gasteiger partial charge in [0, 0.05) is 0 Å². The molecule has 0 bridgehead atoms. The predicted molar refractivity (Wildman–Crippen MR) is 117 cm³/mol. The summed E-state index contributed by atoms with van der Waals surface area (Å²) in [6.45, 7) is 0. The zero-order chi connectivity index (χ0) is 17.2. The molecule has 1 aliphatic carbocycles. The minimum absolute atomic E-state index is 0.171. The van der Waals surface area contributed by atoms with E-state index in [0.717, 1.165) is 0 Å². The van der Waals surface area contributed by atoms with Crippen LogP contribution in [0.5, 0.6) is 0 Å². The number of hydrogen-bond donors (Lipinski definition) is 0. The number of rotatable bonds is 4. The molecule has 0 atom stereocenters. The van der Waals surface area contributed by atoms with Crippen LogP contribution in [0.3, 0.4) is 0 Å². The second-order valence-electron chi connectivity index (χ2n) is 7.02. The van der Waals surface area contributed by atoms with Crippen LogP contribution >= 0.6 is 23.2 Å². The Morgan fingerprint density at radius 1 is 0.560 bits per heavy atom. The van der Waals surface area contributed by atoms with Crippen LogP contribution in [0.15, 0.2) is 91.0 Å². The molecule has 1 aliphatic rings. The van der Waals surface area contributed by atoms with E-state index in [1.165, 1.54) is 41.6 Å². The van der Waals surface area contributed by atoms with Crippen molar-refractivity contribution in [1.29, 1.82) is 0 Å². The third kappa shape index (κ3) is 2.78. The third-order valence-corrected chi connectivity index (χ3v) is 13.7. The predicted octanol–water partition coefficient (Wildman–Crippen LogP) is 5.38. The number of halogens is 1. The van der Waals surface area contributed by atoms with Gasteiger partial charge in [-0.05, 0) is 0 Å². The van der Waals surface area contributed by atoms with E-state index in [0.29, 0.717) is 0 Å². The van der Waals surface area contributed by atoms with Gasteiger partial charge in [-0.25, -0.2) is 0 Å². The summed E-state index contributed by atoms with van der Waals surface area (Å²) in [5.74, 6) is 0. The molecule has 3 aromatic rings. The van der Waals surface area contributed by atoms with Crippen LogP contribution in [0.4, 0.5) is 0 Å². The Labute approximate surface area is 159 Å². The molecule has 0 amide bonds. The number of hydrogen-bond acceptors (Lipinski definition) is 0. The molecule has 0 spiro atoms. The van der Waals surface area contributed by atoms with E-state index in [-0.39, 0.29) is 4.07 Å². The van der Waals surface area contributed by atoms with Crippen LogP contribution < -0.4 is 15.9 Å². The first-order chi connectivity index (χ1) is 12.3. The van der Waals surface area contributed by atoms with Crippen molar-refractivity contribution in [3.8, 4) is 0 Å². The summed E-state index contributed by atoms with van der Waals surface area (Å²) in [6, 6.07) is 33.7. The van der Waals surface area contributed by atoms with Crippen LogP contribution in [0.2, 0.25) is 0 Å². The molecule has 1 saturated carbocycles. The minimum atomic E-state index is -2.20. The quantitative estimate of drug-likeness (QED) is 0.400. The first kappa shape index (κ1) is 17.0. The standard InChI is InChI=1S/C23H24BrP/c24-23(18-10-11-19-23)25(20-12-4-1-5-13-20,21-14-6-2-7-15-21)22-16-8-3-9-17-22/h1-9,12-17,25H,10-11,18-19H2. The van der Waals surface area contributed by atoms with Gasteiger partial charge in [-0.3, -0.25) is 0 Å². The van der Waals surface area contributed by atoms with Gasteiger partial charge in [-0.15, -0.1) is 0 Å². The number of alkyl halides is 1. The van der Waals surface area contributed by atoms with Crippen molar-refractivity contribution < 1.29 is 0 Å². The first-order valence-electron chi connectivity index (χ1n) is 9.13. The van der Waals surface area contributed by atoms with Crippen molar-refractivity contribution in [3.05, 3.63) is 91.0 Å². The average molecular weight is 411 g/mol. The van der Waals surface area contributed by atoms with E-state index in [1.54, 1.807) is 0 Å². The fraction of sp³-hybridized carbons (Fsp3) is 0.217. The third-order valence-electron chi connectivity index (χ3n) is 5.69. The van der Waals surface area contributed by atoms with Gasteiger partial charge >= 0.3 is 160 Å². The Bertz CT molecular complexity index is 712. The van der Waals surface area contributed by atoms with E-state index in [9.17, 15) is 0 Å². The SMILES string of the molecule is BrC1([PH](c2ccccc2)(c2ccccc2)c2ccccc2)CCCC1. The molecule has 2 heteroatoms. The van der Waals surface area contributed by atoms with Crippen LogP contribution in [-0.4, -0.2) is 4.07 Å². The van der Waals surface area contributed by atoms with Gasteiger partial charge in [0.2, 0.25) is 0 Å². The molecule has 0 nitrogen and oxygen atoms in total. The fourth-order valence-electron chi connectivity index (χ4n) is 4.65. The molecule has 0 N–H and O–H groups in total. The Hall–Kier alpha value is -1.43. The zero-order valence-corrected chi connectivity index (χ0v) is 17.0. The molecule has 0 aliphatic heterocycles. The zero-order valence-electron chi connectivity index (χ0n) is 14.4. The van der Waals surface area contributed by atoms with Crippen molar-refractivity contribution in [3.63, 3.8) is 0 Å². The molecule has 0 aromatic heterocycles. The Kier molecular flexibility index (Phi) is 4.80. The topological polar surface area (TPSA) is 0 Å². The van der Waals surface area contributed by atoms with Gasteiger partial charge in [0.05, 0.1) is 0 Å². The molecule has 0 heterocycles. The summed E-state index contributed by atoms with van der Waals surface area (Å²) in [5, 5.41) is 4.52. The van der Waals surface area contributed by atoms with Gasteiger partial charge in [0.1, 0.15) is 0 Å². The Morgan fingerprint density at radius 2 is 0.880 bits per heavy atom. The molecule has 25 heavy (non-hydrogen) atoms. The Balaban J connectivity index is 2.09. The van der Waals surface area contributed by atoms with Crippen molar-refractivity contribution >= 4 is 39.1 Å². The summed E-state index contributed by atoms with van der Waals surface area (Å²) < 4.78 is 0.171. The molecule has 3 aromatic carbocycles. The molecule has 0 unspecified atom stereocenters. The summed E-state index contributed by atoms with van der Waals surface area (Å²) in [4.78, 5) is 0. The van der Waals surface area contributed by atoms with E-state index in [4.69, 9.17) is 0 Å². The number of benzene rings is 3. The molecule has 1 fully saturated rings. The molecular formula is C23H24BrP. The van der Waals surface area contributed by atoms with Crippen LogP contribution in [-0.2, 0) is 0 Å². The van der Waals surface area contributed by atoms with Crippen molar-refractivity contribution in [1.82, 2.24) is 0 Å². The van der Waals surface area contributed by atoms with E-state index in [2.05, 4.69) is 107 Å². The van der Waals surface area contributed by atoms with Crippen molar-refractivity contribution in [2.24, 2.45) is 0 Å². The van der Waals surface area contributed by atoms with Gasteiger partial charge in [0.15, 0.2) is 0 Å². The average Bonchev–Trinajstić information content (AvgIpc) is 3.13. The molecule has 0 saturated heterocycles. The monoisotopic (exact) mass is 410 g/mol. The van der Waals surface area contributed by atoms with Crippen LogP contribution in [0.1, 0.15) is 25.7 Å². The first-order valence-corrected chi connectivity index (χ1v) is 11.9. The van der Waals surface area contributed by atoms with Crippen molar-refractivity contribution in [2.75, 3.05) is 0 Å². The van der Waals surface area contributed by atoms with Gasteiger partial charge in [-0.1, -0.05) is 0 Å². The summed E-state index contributed by atoms with van der Waals surface area (Å²) in [5.41, 5.74) is 0. The molecule has 128 valence electrons. The maximum atomic E-state index is 4.34. The van der Waals surface area contributed by atoms with Gasteiger partial charge < -0.3 is 0 Å². The van der Waals surface area contributed by atoms with Crippen LogP contribution in [0, 0.1) is 0 Å². The normalized spacial score (nSPS) is 17.3. The van der Waals surface area contributed by atoms with E-state index >= 15 is 0 Å². The molecule has 4 rings (SSSR count). The second-order valence-corrected chi connectivity index (χ2v) is 13.5. The van der Waals surface area contributed by atoms with Crippen LogP contribution in [0.25, 0.3) is 0 Å². The summed E-state index contributed by atoms with van der Waals surface area (Å²) >= 11 is 4.34. The van der Waals surface area contributed by atoms with E-state index in [1.807, 2.05) is 0 Å². The van der Waals surface area contributed by atoms with E-state index < -0.39 is 7.26 Å². The van der Waals surface area contributed by atoms with Crippen molar-refractivity contribution in [2.45, 2.75) is 29.7 Å². The van der Waals surface area contributed by atoms with Gasteiger partial charge in [-0.2, -0.15) is 0 Å². The summed E-state index contributed by atoms with van der Waals surface area (Å²) in [6.07, 6.45) is 5.12. The van der Waals surface area contributed by atoms with Gasteiger partial charge in [0.25, 0.3) is 0 Å². The molecule has 0 radical (unpaired) electrons. The molecular weight excluding hydrogens is 387 g/mol. The summed E-state index contributed by atoms with van der Waals surface area (Å²) in [7, 11) is -2.20.